The van der Waals surface area contributed by atoms with Crippen molar-refractivity contribution < 1.29 is 9.66 Å². The molecule has 1 aromatic carbocycles. The molecule has 0 saturated heterocycles. The van der Waals surface area contributed by atoms with Gasteiger partial charge in [0.05, 0.1) is 16.6 Å². The highest BCUT2D eigenvalue weighted by molar-refractivity contribution is 9.10. The van der Waals surface area contributed by atoms with Crippen LogP contribution < -0.4 is 4.74 Å². The van der Waals surface area contributed by atoms with Crippen LogP contribution in [0, 0.1) is 10.1 Å². The van der Waals surface area contributed by atoms with E-state index in [0.29, 0.717) is 28.3 Å². The van der Waals surface area contributed by atoms with Gasteiger partial charge in [-0.1, -0.05) is 11.6 Å². The van der Waals surface area contributed by atoms with Crippen molar-refractivity contribution in [2.24, 2.45) is 0 Å². The summed E-state index contributed by atoms with van der Waals surface area (Å²) >= 11 is 9.03. The van der Waals surface area contributed by atoms with Gasteiger partial charge < -0.3 is 4.74 Å². The Morgan fingerprint density at radius 3 is 3.00 bits per heavy atom. The Morgan fingerprint density at radius 1 is 1.64 bits per heavy atom. The SMILES string of the molecule is O=[N+]([O-])c1cc(Cl)c2c(c1Br)CCO2. The molecule has 0 aromatic heterocycles. The first-order valence-corrected chi connectivity index (χ1v) is 5.06. The average Bonchev–Trinajstić information content (AvgIpc) is 2.59. The van der Waals surface area contributed by atoms with Crippen LogP contribution in [0.25, 0.3) is 0 Å². The van der Waals surface area contributed by atoms with Gasteiger partial charge in [0, 0.05) is 18.1 Å². The molecule has 14 heavy (non-hydrogen) atoms. The summed E-state index contributed by atoms with van der Waals surface area (Å²) in [5.41, 5.74) is 0.767. The number of nitro benzene ring substituents is 1. The number of fused-ring (bicyclic) bond motifs is 1. The van der Waals surface area contributed by atoms with Crippen molar-refractivity contribution in [3.63, 3.8) is 0 Å². The summed E-state index contributed by atoms with van der Waals surface area (Å²) in [7, 11) is 0. The molecule has 0 atom stereocenters. The minimum Gasteiger partial charge on any atom is -0.491 e. The van der Waals surface area contributed by atoms with Gasteiger partial charge in [0.2, 0.25) is 0 Å². The maximum absolute atomic E-state index is 10.6. The normalized spacial score (nSPS) is 13.6. The van der Waals surface area contributed by atoms with E-state index in [4.69, 9.17) is 16.3 Å². The molecule has 1 aliphatic heterocycles. The fraction of sp³-hybridized carbons (Fsp3) is 0.250. The zero-order valence-electron chi connectivity index (χ0n) is 6.92. The van der Waals surface area contributed by atoms with Gasteiger partial charge in [-0.05, 0) is 15.9 Å². The number of hydrogen-bond acceptors (Lipinski definition) is 3. The molecule has 0 radical (unpaired) electrons. The van der Waals surface area contributed by atoms with Crippen molar-refractivity contribution in [3.05, 3.63) is 31.2 Å². The third-order valence-corrected chi connectivity index (χ3v) is 3.21. The predicted molar refractivity (Wildman–Crippen MR) is 55.0 cm³/mol. The highest BCUT2D eigenvalue weighted by Gasteiger charge is 2.26. The maximum atomic E-state index is 10.6. The van der Waals surface area contributed by atoms with Crippen molar-refractivity contribution in [2.45, 2.75) is 6.42 Å². The highest BCUT2D eigenvalue weighted by atomic mass is 79.9. The van der Waals surface area contributed by atoms with Crippen LogP contribution in [0.2, 0.25) is 5.02 Å². The standard InChI is InChI=1S/C8H5BrClNO3/c9-7-4-1-2-14-8(4)5(10)3-6(7)11(12)13/h3H,1-2H2. The Balaban J connectivity index is 2.68. The van der Waals surface area contributed by atoms with E-state index in [-0.39, 0.29) is 5.69 Å². The molecule has 0 unspecified atom stereocenters. The third kappa shape index (κ3) is 1.36. The minimum absolute atomic E-state index is 0.0146. The predicted octanol–water partition coefficient (Wildman–Crippen LogP) is 2.95. The molecule has 0 amide bonds. The molecule has 0 saturated carbocycles. The van der Waals surface area contributed by atoms with E-state index in [1.54, 1.807) is 0 Å². The number of ether oxygens (including phenoxy) is 1. The van der Waals surface area contributed by atoms with Crippen molar-refractivity contribution in [1.29, 1.82) is 0 Å². The summed E-state index contributed by atoms with van der Waals surface area (Å²) < 4.78 is 5.73. The summed E-state index contributed by atoms with van der Waals surface area (Å²) in [5.74, 6) is 0.559. The fourth-order valence-electron chi connectivity index (χ4n) is 1.41. The Bertz CT molecular complexity index is 422. The monoisotopic (exact) mass is 277 g/mol. The number of nitro groups is 1. The van der Waals surface area contributed by atoms with Crippen LogP contribution in [0.15, 0.2) is 10.5 Å². The van der Waals surface area contributed by atoms with Crippen LogP contribution in [0.4, 0.5) is 5.69 Å². The van der Waals surface area contributed by atoms with Gasteiger partial charge >= 0.3 is 0 Å². The van der Waals surface area contributed by atoms with Gasteiger partial charge in [-0.25, -0.2) is 0 Å². The summed E-state index contributed by atoms with van der Waals surface area (Å²) in [6.45, 7) is 0.523. The molecule has 1 heterocycles. The first-order valence-electron chi connectivity index (χ1n) is 3.89. The molecule has 6 heteroatoms. The maximum Gasteiger partial charge on any atom is 0.285 e. The molecule has 74 valence electrons. The van der Waals surface area contributed by atoms with Gasteiger partial charge in [0.15, 0.2) is 0 Å². The van der Waals surface area contributed by atoms with Crippen molar-refractivity contribution >= 4 is 33.2 Å². The Kier molecular flexibility index (Phi) is 2.36. The van der Waals surface area contributed by atoms with Crippen LogP contribution in [0.3, 0.4) is 0 Å². The molecule has 1 aromatic rings. The molecule has 0 bridgehead atoms. The Morgan fingerprint density at radius 2 is 2.36 bits per heavy atom. The number of hydrogen-bond donors (Lipinski definition) is 0. The van der Waals surface area contributed by atoms with Gasteiger partial charge in [-0.3, -0.25) is 10.1 Å². The van der Waals surface area contributed by atoms with E-state index in [1.807, 2.05) is 0 Å². The van der Waals surface area contributed by atoms with Crippen molar-refractivity contribution in [3.8, 4) is 5.75 Å². The van der Waals surface area contributed by atoms with Crippen molar-refractivity contribution in [2.75, 3.05) is 6.61 Å². The molecule has 0 fully saturated rings. The molecular weight excluding hydrogens is 273 g/mol. The Labute approximate surface area is 93.1 Å². The van der Waals surface area contributed by atoms with Crippen LogP contribution in [0.5, 0.6) is 5.75 Å². The number of nitrogens with zero attached hydrogens (tertiary/aromatic N) is 1. The van der Waals surface area contributed by atoms with E-state index >= 15 is 0 Å². The van der Waals surface area contributed by atoms with Crippen molar-refractivity contribution in [1.82, 2.24) is 0 Å². The van der Waals surface area contributed by atoms with Gasteiger partial charge in [0.25, 0.3) is 5.69 Å². The van der Waals surface area contributed by atoms with E-state index in [0.717, 1.165) is 5.56 Å². The van der Waals surface area contributed by atoms with Crippen LogP contribution in [0.1, 0.15) is 5.56 Å². The van der Waals surface area contributed by atoms with Crippen LogP contribution in [-0.4, -0.2) is 11.5 Å². The van der Waals surface area contributed by atoms with Crippen LogP contribution >= 0.6 is 27.5 Å². The molecule has 0 spiro atoms. The smallest absolute Gasteiger partial charge is 0.285 e. The zero-order chi connectivity index (χ0) is 10.3. The van der Waals surface area contributed by atoms with Gasteiger partial charge in [0.1, 0.15) is 10.2 Å². The van der Waals surface area contributed by atoms with E-state index in [2.05, 4.69) is 15.9 Å². The number of halogens is 2. The van der Waals surface area contributed by atoms with E-state index in [1.165, 1.54) is 6.07 Å². The lowest BCUT2D eigenvalue weighted by Gasteiger charge is -2.04. The Hall–Kier alpha value is -0.810. The second-order valence-corrected chi connectivity index (χ2v) is 4.05. The first-order chi connectivity index (χ1) is 6.61. The lowest BCUT2D eigenvalue weighted by molar-refractivity contribution is -0.385. The molecule has 1 aliphatic rings. The summed E-state index contributed by atoms with van der Waals surface area (Å²) in [6, 6.07) is 1.30. The molecular formula is C8H5BrClNO3. The molecule has 0 N–H and O–H groups in total. The average molecular weight is 278 g/mol. The van der Waals surface area contributed by atoms with E-state index in [9.17, 15) is 10.1 Å². The fourth-order valence-corrected chi connectivity index (χ4v) is 2.32. The lowest BCUT2D eigenvalue weighted by atomic mass is 10.1. The van der Waals surface area contributed by atoms with Gasteiger partial charge in [-0.2, -0.15) is 0 Å². The molecule has 0 aliphatic carbocycles. The highest BCUT2D eigenvalue weighted by Crippen LogP contribution is 2.43. The zero-order valence-corrected chi connectivity index (χ0v) is 9.26. The quantitative estimate of drug-likeness (QED) is 0.586. The summed E-state index contributed by atoms with van der Waals surface area (Å²) in [5, 5.41) is 10.9. The third-order valence-electron chi connectivity index (χ3n) is 2.04. The number of rotatable bonds is 1. The largest absolute Gasteiger partial charge is 0.491 e. The summed E-state index contributed by atoms with van der Waals surface area (Å²) in [4.78, 5) is 10.2. The number of benzene rings is 1. The molecule has 2 rings (SSSR count). The van der Waals surface area contributed by atoms with Crippen LogP contribution in [-0.2, 0) is 6.42 Å². The minimum atomic E-state index is -0.464. The second-order valence-electron chi connectivity index (χ2n) is 2.85. The lowest BCUT2D eigenvalue weighted by Crippen LogP contribution is -1.92. The molecule has 4 nitrogen and oxygen atoms in total. The second kappa shape index (κ2) is 3.40. The van der Waals surface area contributed by atoms with Gasteiger partial charge in [-0.15, -0.1) is 0 Å². The first kappa shape index (κ1) is 9.73. The van der Waals surface area contributed by atoms with E-state index < -0.39 is 4.92 Å². The topological polar surface area (TPSA) is 52.4 Å². The summed E-state index contributed by atoms with van der Waals surface area (Å²) in [6.07, 6.45) is 0.650.